The molecule has 5 rings (SSSR count). The number of fused-ring (bicyclic) bond motifs is 1. The first-order valence-corrected chi connectivity index (χ1v) is 13.0. The summed E-state index contributed by atoms with van der Waals surface area (Å²) in [6, 6.07) is 0. The van der Waals surface area contributed by atoms with E-state index in [1.165, 1.54) is 0 Å². The molecule has 5 aliphatic rings. The van der Waals surface area contributed by atoms with Crippen molar-refractivity contribution in [2.75, 3.05) is 26.2 Å². The molecule has 1 aliphatic heterocycles. The summed E-state index contributed by atoms with van der Waals surface area (Å²) < 4.78 is 44.3. The van der Waals surface area contributed by atoms with Gasteiger partial charge in [-0.25, -0.2) is 13.2 Å². The van der Waals surface area contributed by atoms with Crippen LogP contribution < -0.4 is 0 Å². The molecule has 4 aliphatic carbocycles. The third-order valence-electron chi connectivity index (χ3n) is 9.42. The van der Waals surface area contributed by atoms with Crippen LogP contribution in [0.15, 0.2) is 0 Å². The number of hydrogen-bond donors (Lipinski definition) is 1. The van der Waals surface area contributed by atoms with Gasteiger partial charge in [-0.15, -0.1) is 0 Å². The van der Waals surface area contributed by atoms with E-state index in [2.05, 4.69) is 0 Å². The molecule has 8 unspecified atom stereocenters. The molecule has 0 aromatic heterocycles. The summed E-state index contributed by atoms with van der Waals surface area (Å²) in [5.41, 5.74) is -1.22. The van der Waals surface area contributed by atoms with E-state index >= 15 is 8.78 Å². The van der Waals surface area contributed by atoms with Crippen molar-refractivity contribution in [2.24, 2.45) is 29.6 Å². The zero-order chi connectivity index (χ0) is 23.3. The highest BCUT2D eigenvalue weighted by molar-refractivity contribution is 5.88. The van der Waals surface area contributed by atoms with Crippen LogP contribution in [0.4, 0.5) is 13.2 Å². The van der Waals surface area contributed by atoms with Crippen LogP contribution in [-0.4, -0.2) is 77.0 Å². The number of carbonyl (C=O) groups excluding carboxylic acids is 2. The molecule has 0 aromatic rings. The standard InChI is InChI=1S/C25H37F3N2O3/c26-18-4-3-15-13-17(2-1-16(15)14-18)19-5-6-20(22(28)21(19)27)23(31)29-9-11-30(12-10-29)24(32)25(33)7-8-25/h15-22,33H,1-14H2. The largest absolute Gasteiger partial charge is 0.380 e. The molecule has 186 valence electrons. The van der Waals surface area contributed by atoms with E-state index in [1.807, 2.05) is 0 Å². The van der Waals surface area contributed by atoms with Crippen molar-refractivity contribution in [3.05, 3.63) is 0 Å². The SMILES string of the molecule is O=C(C1CCC(C2CCC3CC(F)CCC3C2)C(F)C1F)N1CCN(C(=O)C2(O)CC2)CC1. The van der Waals surface area contributed by atoms with Gasteiger partial charge in [0.1, 0.15) is 24.1 Å². The van der Waals surface area contributed by atoms with Gasteiger partial charge >= 0.3 is 0 Å². The highest BCUT2D eigenvalue weighted by Gasteiger charge is 2.52. The van der Waals surface area contributed by atoms with Crippen LogP contribution in [0.1, 0.15) is 64.2 Å². The molecule has 1 saturated heterocycles. The van der Waals surface area contributed by atoms with E-state index in [0.29, 0.717) is 76.5 Å². The number of nitrogens with zero attached hydrogens (tertiary/aromatic N) is 2. The molecule has 1 heterocycles. The minimum atomic E-state index is -1.79. The molecule has 33 heavy (non-hydrogen) atoms. The fourth-order valence-corrected chi connectivity index (χ4v) is 7.15. The second-order valence-electron chi connectivity index (χ2n) is 11.4. The molecule has 0 radical (unpaired) electrons. The lowest BCUT2D eigenvalue weighted by Crippen LogP contribution is -2.56. The Morgan fingerprint density at radius 3 is 2.03 bits per heavy atom. The van der Waals surface area contributed by atoms with Crippen molar-refractivity contribution in [1.29, 1.82) is 0 Å². The monoisotopic (exact) mass is 470 g/mol. The summed E-state index contributed by atoms with van der Waals surface area (Å²) >= 11 is 0. The number of halogens is 3. The lowest BCUT2D eigenvalue weighted by molar-refractivity contribution is -0.151. The molecule has 5 fully saturated rings. The van der Waals surface area contributed by atoms with Gasteiger partial charge in [-0.3, -0.25) is 9.59 Å². The van der Waals surface area contributed by atoms with Crippen LogP contribution in [0.2, 0.25) is 0 Å². The summed E-state index contributed by atoms with van der Waals surface area (Å²) in [6.07, 6.45) is 2.44. The zero-order valence-corrected chi connectivity index (χ0v) is 19.3. The molecule has 0 spiro atoms. The van der Waals surface area contributed by atoms with Gasteiger partial charge in [0.05, 0.1) is 5.92 Å². The molecule has 8 atom stereocenters. The highest BCUT2D eigenvalue weighted by Crippen LogP contribution is 2.49. The second kappa shape index (κ2) is 9.04. The van der Waals surface area contributed by atoms with Crippen molar-refractivity contribution in [2.45, 2.75) is 88.3 Å². The van der Waals surface area contributed by atoms with Gasteiger partial charge in [0, 0.05) is 26.2 Å². The van der Waals surface area contributed by atoms with Crippen molar-refractivity contribution >= 4 is 11.8 Å². The molecule has 1 N–H and O–H groups in total. The summed E-state index contributed by atoms with van der Waals surface area (Å²) in [5.74, 6) is -0.954. The Morgan fingerprint density at radius 1 is 0.727 bits per heavy atom. The Labute approximate surface area is 194 Å². The number of amides is 2. The Bertz CT molecular complexity index is 755. The normalized spacial score (nSPS) is 43.0. The van der Waals surface area contributed by atoms with E-state index < -0.39 is 30.0 Å². The predicted octanol–water partition coefficient (Wildman–Crippen LogP) is 3.44. The van der Waals surface area contributed by atoms with Crippen molar-refractivity contribution < 1.29 is 27.9 Å². The number of piperazine rings is 1. The zero-order valence-electron chi connectivity index (χ0n) is 19.3. The Kier molecular flexibility index (Phi) is 6.42. The molecule has 0 aromatic carbocycles. The molecule has 5 nitrogen and oxygen atoms in total. The number of alkyl halides is 3. The number of hydrogen-bond acceptors (Lipinski definition) is 3. The van der Waals surface area contributed by atoms with Gasteiger partial charge in [-0.05, 0) is 87.9 Å². The van der Waals surface area contributed by atoms with Gasteiger partial charge < -0.3 is 14.9 Å². The maximum Gasteiger partial charge on any atom is 0.254 e. The summed E-state index contributed by atoms with van der Waals surface area (Å²) in [5, 5.41) is 10.0. The van der Waals surface area contributed by atoms with Crippen molar-refractivity contribution in [3.63, 3.8) is 0 Å². The first-order chi connectivity index (χ1) is 15.8. The molecule has 4 saturated carbocycles. The average Bonchev–Trinajstić information content (AvgIpc) is 3.58. The van der Waals surface area contributed by atoms with E-state index in [9.17, 15) is 19.1 Å². The topological polar surface area (TPSA) is 60.9 Å². The fourth-order valence-electron chi connectivity index (χ4n) is 7.15. The van der Waals surface area contributed by atoms with E-state index in [0.717, 1.165) is 25.7 Å². The average molecular weight is 471 g/mol. The van der Waals surface area contributed by atoms with Crippen molar-refractivity contribution in [3.8, 4) is 0 Å². The molecule has 2 amide bonds. The van der Waals surface area contributed by atoms with Crippen LogP contribution in [0, 0.1) is 29.6 Å². The Hall–Kier alpha value is -1.31. The van der Waals surface area contributed by atoms with Crippen LogP contribution in [0.5, 0.6) is 0 Å². The molecule has 0 bridgehead atoms. The molecular weight excluding hydrogens is 433 g/mol. The van der Waals surface area contributed by atoms with Crippen LogP contribution >= 0.6 is 0 Å². The quantitative estimate of drug-likeness (QED) is 0.688. The summed E-state index contributed by atoms with van der Waals surface area (Å²) in [7, 11) is 0. The maximum atomic E-state index is 15.3. The smallest absolute Gasteiger partial charge is 0.254 e. The van der Waals surface area contributed by atoms with E-state index in [-0.39, 0.29) is 23.7 Å². The van der Waals surface area contributed by atoms with Gasteiger partial charge in [0.15, 0.2) is 0 Å². The van der Waals surface area contributed by atoms with Crippen LogP contribution in [-0.2, 0) is 9.59 Å². The lowest BCUT2D eigenvalue weighted by atomic mass is 9.61. The van der Waals surface area contributed by atoms with E-state index in [4.69, 9.17) is 0 Å². The van der Waals surface area contributed by atoms with Crippen LogP contribution in [0.3, 0.4) is 0 Å². The highest BCUT2D eigenvalue weighted by atomic mass is 19.2. The summed E-state index contributed by atoms with van der Waals surface area (Å²) in [6.45, 7) is 1.24. The maximum absolute atomic E-state index is 15.3. The first kappa shape index (κ1) is 23.4. The van der Waals surface area contributed by atoms with Gasteiger partial charge in [-0.2, -0.15) is 0 Å². The van der Waals surface area contributed by atoms with E-state index in [1.54, 1.807) is 9.80 Å². The Morgan fingerprint density at radius 2 is 1.33 bits per heavy atom. The second-order valence-corrected chi connectivity index (χ2v) is 11.4. The third kappa shape index (κ3) is 4.53. The Balaban J connectivity index is 1.14. The third-order valence-corrected chi connectivity index (χ3v) is 9.42. The number of aliphatic hydroxyl groups is 1. The van der Waals surface area contributed by atoms with Crippen LogP contribution in [0.25, 0.3) is 0 Å². The first-order valence-electron chi connectivity index (χ1n) is 13.0. The van der Waals surface area contributed by atoms with Gasteiger partial charge in [-0.1, -0.05) is 0 Å². The lowest BCUT2D eigenvalue weighted by Gasteiger charge is -2.46. The van der Waals surface area contributed by atoms with Gasteiger partial charge in [0.25, 0.3) is 5.91 Å². The predicted molar refractivity (Wildman–Crippen MR) is 116 cm³/mol. The van der Waals surface area contributed by atoms with Crippen molar-refractivity contribution in [1.82, 2.24) is 9.80 Å². The fraction of sp³-hybridized carbons (Fsp3) is 0.920. The minimum absolute atomic E-state index is 0.134. The summed E-state index contributed by atoms with van der Waals surface area (Å²) in [4.78, 5) is 28.5. The number of carbonyl (C=O) groups is 2. The molecular formula is C25H37F3N2O3. The number of rotatable bonds is 3. The molecule has 8 heteroatoms. The van der Waals surface area contributed by atoms with Gasteiger partial charge in [0.2, 0.25) is 5.91 Å². The minimum Gasteiger partial charge on any atom is -0.380 e.